The molecule has 3 aromatic heterocycles. The van der Waals surface area contributed by atoms with Crippen molar-refractivity contribution >= 4 is 17.7 Å². The summed E-state index contributed by atoms with van der Waals surface area (Å²) in [4.78, 5) is 24.5. The van der Waals surface area contributed by atoms with E-state index >= 15 is 0 Å². The lowest BCUT2D eigenvalue weighted by atomic mass is 9.87. The molecule has 33 heavy (non-hydrogen) atoms. The third-order valence-corrected chi connectivity index (χ3v) is 6.29. The summed E-state index contributed by atoms with van der Waals surface area (Å²) in [6.07, 6.45) is 6.39. The Morgan fingerprint density at radius 1 is 1.27 bits per heavy atom. The standard InChI is InChI=1S/C22H26N6O4S/c1-13-18(32-15-6-4-5-14(11-15)21(29)30)8-7-16(24-13)20-17(28(2)27-26-20)12-31-22-23-10-9-19(25-22)33-3/h7-10,14-15H,4-6,11-12H2,1-3H3,(H,29,30)/t14-,15-/m0/s1. The van der Waals surface area contributed by atoms with Crippen LogP contribution in [0.4, 0.5) is 0 Å². The van der Waals surface area contributed by atoms with Gasteiger partial charge < -0.3 is 14.6 Å². The average Bonchev–Trinajstić information content (AvgIpc) is 3.19. The number of rotatable bonds is 8. The van der Waals surface area contributed by atoms with E-state index in [1.807, 2.05) is 31.4 Å². The maximum atomic E-state index is 11.3. The number of aryl methyl sites for hydroxylation is 2. The van der Waals surface area contributed by atoms with Crippen LogP contribution in [0.25, 0.3) is 11.4 Å². The molecule has 4 rings (SSSR count). The van der Waals surface area contributed by atoms with E-state index in [1.54, 1.807) is 17.9 Å². The number of ether oxygens (including phenoxy) is 2. The summed E-state index contributed by atoms with van der Waals surface area (Å²) in [7, 11) is 1.79. The molecule has 3 heterocycles. The Kier molecular flexibility index (Phi) is 7.07. The van der Waals surface area contributed by atoms with Crippen molar-refractivity contribution in [2.24, 2.45) is 13.0 Å². The first-order valence-corrected chi connectivity index (χ1v) is 11.9. The fourth-order valence-electron chi connectivity index (χ4n) is 3.84. The smallest absolute Gasteiger partial charge is 0.317 e. The van der Waals surface area contributed by atoms with Crippen LogP contribution in [-0.4, -0.2) is 53.4 Å². The number of carbonyl (C=O) groups is 1. The first-order chi connectivity index (χ1) is 15.9. The summed E-state index contributed by atoms with van der Waals surface area (Å²) in [5.41, 5.74) is 2.71. The zero-order chi connectivity index (χ0) is 23.4. The highest BCUT2D eigenvalue weighted by Crippen LogP contribution is 2.30. The highest BCUT2D eigenvalue weighted by Gasteiger charge is 2.28. The lowest BCUT2D eigenvalue weighted by Crippen LogP contribution is -2.29. The topological polar surface area (TPSA) is 125 Å². The van der Waals surface area contributed by atoms with Crippen LogP contribution in [0.1, 0.15) is 37.1 Å². The molecular weight excluding hydrogens is 444 g/mol. The van der Waals surface area contributed by atoms with Crippen LogP contribution in [-0.2, 0) is 18.4 Å². The molecule has 0 bridgehead atoms. The molecule has 0 radical (unpaired) electrons. The molecule has 0 unspecified atom stereocenters. The third-order valence-electron chi connectivity index (χ3n) is 5.65. The Bertz CT molecular complexity index is 1140. The Hall–Kier alpha value is -3.21. The van der Waals surface area contributed by atoms with E-state index < -0.39 is 5.97 Å². The van der Waals surface area contributed by atoms with Crippen LogP contribution in [0.5, 0.6) is 11.8 Å². The Balaban J connectivity index is 1.48. The van der Waals surface area contributed by atoms with Crippen molar-refractivity contribution in [3.63, 3.8) is 0 Å². The van der Waals surface area contributed by atoms with Gasteiger partial charge in [-0.2, -0.15) is 4.98 Å². The van der Waals surface area contributed by atoms with Gasteiger partial charge in [0.15, 0.2) is 0 Å². The van der Waals surface area contributed by atoms with Crippen LogP contribution >= 0.6 is 11.8 Å². The van der Waals surface area contributed by atoms with E-state index in [2.05, 4.69) is 25.3 Å². The molecule has 1 aliphatic rings. The minimum absolute atomic E-state index is 0.122. The molecular formula is C22H26N6O4S. The number of hydrogen-bond acceptors (Lipinski definition) is 9. The van der Waals surface area contributed by atoms with Gasteiger partial charge in [0.25, 0.3) is 0 Å². The van der Waals surface area contributed by atoms with Gasteiger partial charge in [-0.25, -0.2) is 14.6 Å². The van der Waals surface area contributed by atoms with E-state index in [0.29, 0.717) is 35.7 Å². The van der Waals surface area contributed by atoms with Crippen LogP contribution in [0.3, 0.4) is 0 Å². The number of pyridine rings is 1. The predicted molar refractivity (Wildman–Crippen MR) is 121 cm³/mol. The fourth-order valence-corrected chi connectivity index (χ4v) is 4.21. The van der Waals surface area contributed by atoms with E-state index in [0.717, 1.165) is 23.6 Å². The average molecular weight is 471 g/mol. The van der Waals surface area contributed by atoms with Gasteiger partial charge in [-0.3, -0.25) is 4.79 Å². The van der Waals surface area contributed by atoms with Gasteiger partial charge in [0.05, 0.1) is 23.4 Å². The van der Waals surface area contributed by atoms with Crippen molar-refractivity contribution in [1.29, 1.82) is 0 Å². The molecule has 11 heteroatoms. The number of hydrogen-bond donors (Lipinski definition) is 1. The van der Waals surface area contributed by atoms with Gasteiger partial charge in [0.2, 0.25) is 0 Å². The van der Waals surface area contributed by atoms with Gasteiger partial charge in [-0.1, -0.05) is 5.21 Å². The monoisotopic (exact) mass is 470 g/mol. The van der Waals surface area contributed by atoms with Crippen molar-refractivity contribution < 1.29 is 19.4 Å². The summed E-state index contributed by atoms with van der Waals surface area (Å²) in [6, 6.07) is 5.79. The second-order valence-electron chi connectivity index (χ2n) is 7.90. The number of carboxylic acids is 1. The van der Waals surface area contributed by atoms with E-state index in [1.165, 1.54) is 11.8 Å². The Morgan fingerprint density at radius 3 is 2.88 bits per heavy atom. The SMILES string of the molecule is CSc1ccnc(OCc2c(-c3ccc(O[C@H]4CCC[C@H](C(=O)O)C4)c(C)n3)nnn2C)n1. The van der Waals surface area contributed by atoms with Crippen LogP contribution in [0.15, 0.2) is 29.4 Å². The first kappa shape index (κ1) is 23.0. The molecule has 1 fully saturated rings. The van der Waals surface area contributed by atoms with Crippen LogP contribution in [0, 0.1) is 12.8 Å². The predicted octanol–water partition coefficient (Wildman–Crippen LogP) is 3.30. The molecule has 1 aliphatic carbocycles. The van der Waals surface area contributed by atoms with Crippen molar-refractivity contribution in [1.82, 2.24) is 29.9 Å². The van der Waals surface area contributed by atoms with Crippen molar-refractivity contribution in [2.45, 2.75) is 50.3 Å². The van der Waals surface area contributed by atoms with Crippen LogP contribution in [0.2, 0.25) is 0 Å². The first-order valence-electron chi connectivity index (χ1n) is 10.7. The number of aliphatic carboxylic acids is 1. The maximum Gasteiger partial charge on any atom is 0.317 e. The third kappa shape index (κ3) is 5.41. The molecule has 3 aromatic rings. The van der Waals surface area contributed by atoms with Gasteiger partial charge in [0.1, 0.15) is 28.8 Å². The van der Waals surface area contributed by atoms with Crippen molar-refractivity contribution in [3.05, 3.63) is 35.8 Å². The number of carboxylic acid groups (broad SMARTS) is 1. The molecule has 0 spiro atoms. The summed E-state index contributed by atoms with van der Waals surface area (Å²) in [5.74, 6) is -0.450. The molecule has 1 saturated carbocycles. The van der Waals surface area contributed by atoms with Gasteiger partial charge in [0, 0.05) is 13.2 Å². The normalized spacial score (nSPS) is 18.2. The summed E-state index contributed by atoms with van der Waals surface area (Å²) in [5, 5.41) is 18.5. The lowest BCUT2D eigenvalue weighted by molar-refractivity contribution is -0.143. The quantitative estimate of drug-likeness (QED) is 0.387. The van der Waals surface area contributed by atoms with E-state index in [4.69, 9.17) is 9.47 Å². The lowest BCUT2D eigenvalue weighted by Gasteiger charge is -2.27. The van der Waals surface area contributed by atoms with Crippen LogP contribution < -0.4 is 9.47 Å². The molecule has 2 atom stereocenters. The number of aromatic nitrogens is 6. The molecule has 0 amide bonds. The highest BCUT2D eigenvalue weighted by molar-refractivity contribution is 7.98. The molecule has 0 saturated heterocycles. The van der Waals surface area contributed by atoms with Crippen molar-refractivity contribution in [3.8, 4) is 23.1 Å². The second kappa shape index (κ2) is 10.2. The molecule has 10 nitrogen and oxygen atoms in total. The highest BCUT2D eigenvalue weighted by atomic mass is 32.2. The molecule has 0 aromatic carbocycles. The van der Waals surface area contributed by atoms with Gasteiger partial charge in [-0.05, 0) is 57.1 Å². The Labute approximate surface area is 195 Å². The second-order valence-corrected chi connectivity index (χ2v) is 8.73. The van der Waals surface area contributed by atoms with Gasteiger partial charge in [-0.15, -0.1) is 16.9 Å². The molecule has 174 valence electrons. The van der Waals surface area contributed by atoms with E-state index in [9.17, 15) is 9.90 Å². The number of nitrogens with zero attached hydrogens (tertiary/aromatic N) is 6. The zero-order valence-corrected chi connectivity index (χ0v) is 19.6. The summed E-state index contributed by atoms with van der Waals surface area (Å²) in [6.45, 7) is 2.05. The van der Waals surface area contributed by atoms with E-state index in [-0.39, 0.29) is 24.6 Å². The fraction of sp³-hybridized carbons (Fsp3) is 0.455. The molecule has 0 aliphatic heterocycles. The number of thioether (sulfide) groups is 1. The maximum absolute atomic E-state index is 11.3. The summed E-state index contributed by atoms with van der Waals surface area (Å²) >= 11 is 1.51. The summed E-state index contributed by atoms with van der Waals surface area (Å²) < 4.78 is 13.5. The van der Waals surface area contributed by atoms with Crippen molar-refractivity contribution in [2.75, 3.05) is 6.26 Å². The molecule has 1 N–H and O–H groups in total. The minimum atomic E-state index is -0.753. The van der Waals surface area contributed by atoms with Gasteiger partial charge >= 0.3 is 12.0 Å². The largest absolute Gasteiger partial charge is 0.489 e. The zero-order valence-electron chi connectivity index (χ0n) is 18.8. The minimum Gasteiger partial charge on any atom is -0.489 e. The Morgan fingerprint density at radius 2 is 2.12 bits per heavy atom.